The molecule has 2 rings (SSSR count). The van der Waals surface area contributed by atoms with Gasteiger partial charge in [0.1, 0.15) is 0 Å². The Morgan fingerprint density at radius 3 is 2.59 bits per heavy atom. The van der Waals surface area contributed by atoms with Crippen molar-refractivity contribution in [3.05, 3.63) is 35.4 Å². The van der Waals surface area contributed by atoms with Crippen molar-refractivity contribution < 1.29 is 9.59 Å². The molecule has 3 N–H and O–H groups in total. The van der Waals surface area contributed by atoms with E-state index in [1.54, 1.807) is 6.07 Å². The summed E-state index contributed by atoms with van der Waals surface area (Å²) < 4.78 is 0. The molecule has 1 saturated heterocycles. The highest BCUT2D eigenvalue weighted by Gasteiger charge is 2.17. The van der Waals surface area contributed by atoms with Crippen molar-refractivity contribution in [3.8, 4) is 0 Å². The molecule has 2 amide bonds. The van der Waals surface area contributed by atoms with Crippen molar-refractivity contribution >= 4 is 17.8 Å². The Bertz CT molecular complexity index is 654. The molecule has 0 unspecified atom stereocenters. The Morgan fingerprint density at radius 2 is 1.89 bits per heavy atom. The lowest BCUT2D eigenvalue weighted by atomic mass is 10.1. The zero-order chi connectivity index (χ0) is 19.5. The van der Waals surface area contributed by atoms with Crippen molar-refractivity contribution in [1.29, 1.82) is 0 Å². The summed E-state index contributed by atoms with van der Waals surface area (Å²) in [6.07, 6.45) is 3.08. The fraction of sp³-hybridized carbons (Fsp3) is 0.550. The summed E-state index contributed by atoms with van der Waals surface area (Å²) in [7, 11) is 0. The van der Waals surface area contributed by atoms with Gasteiger partial charge in [-0.2, -0.15) is 0 Å². The van der Waals surface area contributed by atoms with Crippen LogP contribution in [0.1, 0.15) is 49.0 Å². The minimum absolute atomic E-state index is 0.0658. The second-order valence-corrected chi connectivity index (χ2v) is 6.59. The fourth-order valence-electron chi connectivity index (χ4n) is 2.90. The first-order chi connectivity index (χ1) is 13.1. The highest BCUT2D eigenvalue weighted by molar-refractivity contribution is 5.94. The van der Waals surface area contributed by atoms with Gasteiger partial charge in [0.2, 0.25) is 5.91 Å². The van der Waals surface area contributed by atoms with Crippen LogP contribution in [0.2, 0.25) is 0 Å². The van der Waals surface area contributed by atoms with E-state index in [2.05, 4.69) is 20.9 Å². The number of hydrogen-bond donors (Lipinski definition) is 3. The third-order valence-electron chi connectivity index (χ3n) is 4.35. The Hall–Kier alpha value is -2.57. The van der Waals surface area contributed by atoms with Crippen molar-refractivity contribution in [3.63, 3.8) is 0 Å². The first-order valence-corrected chi connectivity index (χ1v) is 9.81. The summed E-state index contributed by atoms with van der Waals surface area (Å²) in [5.74, 6) is 0.641. The predicted molar refractivity (Wildman–Crippen MR) is 108 cm³/mol. The molecule has 0 saturated carbocycles. The molecule has 0 atom stereocenters. The maximum absolute atomic E-state index is 12.2. The van der Waals surface area contributed by atoms with E-state index < -0.39 is 0 Å². The van der Waals surface area contributed by atoms with Crippen molar-refractivity contribution in [1.82, 2.24) is 20.9 Å². The number of amides is 2. The maximum Gasteiger partial charge on any atom is 0.251 e. The molecule has 0 spiro atoms. The molecule has 1 aliphatic rings. The van der Waals surface area contributed by atoms with Crippen LogP contribution in [0.3, 0.4) is 0 Å². The molecule has 1 aromatic rings. The highest BCUT2D eigenvalue weighted by Crippen LogP contribution is 2.08. The molecule has 1 aromatic carbocycles. The van der Waals surface area contributed by atoms with E-state index in [1.165, 1.54) is 0 Å². The standard InChI is InChI=1S/C20H31N5O2/c1-3-10-22-19(27)17-9-7-8-16(13-17)14-23-20(21-4-2)24-15-18(26)25-11-5-6-12-25/h7-9,13H,3-6,10-12,14-15H2,1-2H3,(H,22,27)(H2,21,23,24). The second-order valence-electron chi connectivity index (χ2n) is 6.59. The first-order valence-electron chi connectivity index (χ1n) is 9.81. The molecule has 0 radical (unpaired) electrons. The van der Waals surface area contributed by atoms with E-state index in [4.69, 9.17) is 0 Å². The molecular weight excluding hydrogens is 342 g/mol. The van der Waals surface area contributed by atoms with Crippen LogP contribution in [0.15, 0.2) is 29.3 Å². The van der Waals surface area contributed by atoms with Gasteiger partial charge >= 0.3 is 0 Å². The zero-order valence-electron chi connectivity index (χ0n) is 16.4. The summed E-state index contributed by atoms with van der Waals surface area (Å²) >= 11 is 0. The third-order valence-corrected chi connectivity index (χ3v) is 4.35. The van der Waals surface area contributed by atoms with Gasteiger partial charge < -0.3 is 20.9 Å². The molecule has 1 aliphatic heterocycles. The van der Waals surface area contributed by atoms with E-state index in [0.717, 1.165) is 37.9 Å². The minimum atomic E-state index is -0.0658. The van der Waals surface area contributed by atoms with E-state index in [0.29, 0.717) is 31.2 Å². The van der Waals surface area contributed by atoms with Gasteiger partial charge in [-0.1, -0.05) is 19.1 Å². The smallest absolute Gasteiger partial charge is 0.251 e. The van der Waals surface area contributed by atoms with Crippen molar-refractivity contribution in [2.45, 2.75) is 39.7 Å². The topological polar surface area (TPSA) is 85.8 Å². The summed E-state index contributed by atoms with van der Waals surface area (Å²) in [6, 6.07) is 7.46. The van der Waals surface area contributed by atoms with Gasteiger partial charge in [-0.05, 0) is 43.9 Å². The normalized spacial score (nSPS) is 14.1. The van der Waals surface area contributed by atoms with Gasteiger partial charge in [-0.25, -0.2) is 4.99 Å². The zero-order valence-corrected chi connectivity index (χ0v) is 16.4. The number of guanidine groups is 1. The Morgan fingerprint density at radius 1 is 1.11 bits per heavy atom. The number of hydrogen-bond acceptors (Lipinski definition) is 3. The highest BCUT2D eigenvalue weighted by atomic mass is 16.2. The van der Waals surface area contributed by atoms with Gasteiger partial charge in [-0.15, -0.1) is 0 Å². The van der Waals surface area contributed by atoms with Crippen LogP contribution in [-0.2, 0) is 11.3 Å². The van der Waals surface area contributed by atoms with E-state index in [-0.39, 0.29) is 18.4 Å². The lowest BCUT2D eigenvalue weighted by Crippen LogP contribution is -2.44. The summed E-state index contributed by atoms with van der Waals surface area (Å²) in [6.45, 7) is 7.76. The molecule has 0 aliphatic carbocycles. The predicted octanol–water partition coefficient (Wildman–Crippen LogP) is 1.50. The maximum atomic E-state index is 12.2. The van der Waals surface area contributed by atoms with Crippen LogP contribution >= 0.6 is 0 Å². The number of likely N-dealkylation sites (tertiary alicyclic amines) is 1. The van der Waals surface area contributed by atoms with Crippen LogP contribution in [0.5, 0.6) is 0 Å². The van der Waals surface area contributed by atoms with E-state index in [9.17, 15) is 9.59 Å². The fourth-order valence-corrected chi connectivity index (χ4v) is 2.90. The Balaban J connectivity index is 1.93. The summed E-state index contributed by atoms with van der Waals surface area (Å²) in [4.78, 5) is 30.7. The average Bonchev–Trinajstić information content (AvgIpc) is 3.23. The van der Waals surface area contributed by atoms with Gasteiger partial charge in [0.05, 0.1) is 13.1 Å². The lowest BCUT2D eigenvalue weighted by Gasteiger charge is -2.17. The molecule has 27 heavy (non-hydrogen) atoms. The second kappa shape index (κ2) is 11.2. The van der Waals surface area contributed by atoms with Gasteiger partial charge in [-0.3, -0.25) is 9.59 Å². The van der Waals surface area contributed by atoms with E-state index >= 15 is 0 Å². The number of carbonyl (C=O) groups excluding carboxylic acids is 2. The van der Waals surface area contributed by atoms with Gasteiger partial charge in [0.25, 0.3) is 5.91 Å². The SMILES string of the molecule is CCCNC(=O)c1cccc(CN=C(NCC)NCC(=O)N2CCCC2)c1. The van der Waals surface area contributed by atoms with Crippen molar-refractivity contribution in [2.75, 3.05) is 32.7 Å². The number of nitrogens with zero attached hydrogens (tertiary/aromatic N) is 2. The average molecular weight is 374 g/mol. The molecular formula is C20H31N5O2. The summed E-state index contributed by atoms with van der Waals surface area (Å²) in [5.41, 5.74) is 1.58. The van der Waals surface area contributed by atoms with E-state index in [1.807, 2.05) is 36.9 Å². The van der Waals surface area contributed by atoms with Crippen LogP contribution in [0.25, 0.3) is 0 Å². The quantitative estimate of drug-likeness (QED) is 0.476. The molecule has 0 aromatic heterocycles. The summed E-state index contributed by atoms with van der Waals surface area (Å²) in [5, 5.41) is 9.13. The monoisotopic (exact) mass is 373 g/mol. The first kappa shape index (κ1) is 20.7. The number of aliphatic imine (C=N–C) groups is 1. The molecule has 7 nitrogen and oxygen atoms in total. The van der Waals surface area contributed by atoms with Crippen molar-refractivity contribution in [2.24, 2.45) is 4.99 Å². The minimum Gasteiger partial charge on any atom is -0.357 e. The molecule has 148 valence electrons. The molecule has 1 heterocycles. The largest absolute Gasteiger partial charge is 0.357 e. The molecule has 1 fully saturated rings. The number of nitrogens with one attached hydrogen (secondary N) is 3. The lowest BCUT2D eigenvalue weighted by molar-refractivity contribution is -0.128. The van der Waals surface area contributed by atoms with Gasteiger partial charge in [0.15, 0.2) is 5.96 Å². The third kappa shape index (κ3) is 6.92. The molecule has 7 heteroatoms. The van der Waals surface area contributed by atoms with Crippen LogP contribution in [0.4, 0.5) is 0 Å². The Labute approximate surface area is 161 Å². The Kier molecular flexibility index (Phi) is 8.61. The number of carbonyl (C=O) groups is 2. The number of benzene rings is 1. The van der Waals surface area contributed by atoms with Crippen LogP contribution in [0, 0.1) is 0 Å². The molecule has 0 bridgehead atoms. The van der Waals surface area contributed by atoms with Crippen LogP contribution < -0.4 is 16.0 Å². The number of rotatable bonds is 8. The van der Waals surface area contributed by atoms with Gasteiger partial charge in [0, 0.05) is 31.7 Å². The van der Waals surface area contributed by atoms with Crippen LogP contribution in [-0.4, -0.2) is 55.4 Å².